The first kappa shape index (κ1) is 18.8. The Morgan fingerprint density at radius 3 is 2.19 bits per heavy atom. The number of hydrogen-bond acceptors (Lipinski definition) is 5. The van der Waals surface area contributed by atoms with Gasteiger partial charge in [0, 0.05) is 18.1 Å². The van der Waals surface area contributed by atoms with Gasteiger partial charge in [-0.05, 0) is 41.2 Å². The first-order chi connectivity index (χ1) is 13.0. The van der Waals surface area contributed by atoms with Gasteiger partial charge in [0.1, 0.15) is 5.82 Å². The van der Waals surface area contributed by atoms with Crippen molar-refractivity contribution in [1.82, 2.24) is 15.0 Å². The van der Waals surface area contributed by atoms with E-state index in [1.165, 1.54) is 11.1 Å². The summed E-state index contributed by atoms with van der Waals surface area (Å²) in [5.74, 6) is 2.19. The van der Waals surface area contributed by atoms with Crippen LogP contribution in [0, 0.1) is 0 Å². The minimum absolute atomic E-state index is 0.414. The van der Waals surface area contributed by atoms with Crippen LogP contribution >= 0.6 is 0 Å². The second-order valence-corrected chi connectivity index (χ2v) is 7.19. The lowest BCUT2D eigenvalue weighted by atomic mass is 9.93. The van der Waals surface area contributed by atoms with Crippen molar-refractivity contribution in [2.75, 3.05) is 10.6 Å². The molecule has 3 aromatic rings. The van der Waals surface area contributed by atoms with Crippen molar-refractivity contribution < 1.29 is 0 Å². The Balaban J connectivity index is 1.82. The SMILES string of the molecule is CC(C)c1cccc(C(C)C)c1Nc1nccc(NCc2ccccn2)n1. The van der Waals surface area contributed by atoms with Gasteiger partial charge in [0.2, 0.25) is 5.95 Å². The second-order valence-electron chi connectivity index (χ2n) is 7.19. The molecule has 0 amide bonds. The summed E-state index contributed by atoms with van der Waals surface area (Å²) in [6.07, 6.45) is 3.56. The molecule has 27 heavy (non-hydrogen) atoms. The van der Waals surface area contributed by atoms with E-state index in [0.717, 1.165) is 17.2 Å². The molecule has 0 bridgehead atoms. The van der Waals surface area contributed by atoms with Gasteiger partial charge in [-0.15, -0.1) is 0 Å². The van der Waals surface area contributed by atoms with E-state index in [1.54, 1.807) is 12.4 Å². The quantitative estimate of drug-likeness (QED) is 0.584. The van der Waals surface area contributed by atoms with Crippen molar-refractivity contribution in [3.05, 3.63) is 71.7 Å². The zero-order chi connectivity index (χ0) is 19.2. The van der Waals surface area contributed by atoms with E-state index >= 15 is 0 Å². The molecule has 1 aromatic carbocycles. The number of benzene rings is 1. The maximum atomic E-state index is 4.62. The van der Waals surface area contributed by atoms with E-state index in [-0.39, 0.29) is 0 Å². The molecule has 0 aliphatic rings. The number of aromatic nitrogens is 3. The molecule has 2 N–H and O–H groups in total. The van der Waals surface area contributed by atoms with E-state index in [9.17, 15) is 0 Å². The summed E-state index contributed by atoms with van der Waals surface area (Å²) >= 11 is 0. The predicted molar refractivity (Wildman–Crippen MR) is 111 cm³/mol. The van der Waals surface area contributed by atoms with Gasteiger partial charge in [-0.25, -0.2) is 4.98 Å². The molecule has 0 saturated heterocycles. The Morgan fingerprint density at radius 2 is 1.56 bits per heavy atom. The van der Waals surface area contributed by atoms with E-state index < -0.39 is 0 Å². The number of rotatable bonds is 7. The number of hydrogen-bond donors (Lipinski definition) is 2. The molecule has 0 aliphatic heterocycles. The monoisotopic (exact) mass is 361 g/mol. The van der Waals surface area contributed by atoms with Gasteiger partial charge in [-0.3, -0.25) is 4.98 Å². The minimum atomic E-state index is 0.414. The van der Waals surface area contributed by atoms with Crippen molar-refractivity contribution in [2.24, 2.45) is 0 Å². The first-order valence-corrected chi connectivity index (χ1v) is 9.41. The molecule has 2 heterocycles. The van der Waals surface area contributed by atoms with Gasteiger partial charge in [0.15, 0.2) is 0 Å². The molecule has 0 spiro atoms. The van der Waals surface area contributed by atoms with Crippen molar-refractivity contribution >= 4 is 17.5 Å². The van der Waals surface area contributed by atoms with E-state index in [0.29, 0.717) is 24.3 Å². The Morgan fingerprint density at radius 1 is 0.815 bits per heavy atom. The lowest BCUT2D eigenvalue weighted by Gasteiger charge is -2.20. The van der Waals surface area contributed by atoms with Gasteiger partial charge in [0.25, 0.3) is 0 Å². The molecule has 2 aromatic heterocycles. The largest absolute Gasteiger partial charge is 0.364 e. The molecule has 3 rings (SSSR count). The number of nitrogens with zero attached hydrogens (tertiary/aromatic N) is 3. The van der Waals surface area contributed by atoms with Crippen LogP contribution < -0.4 is 10.6 Å². The lowest BCUT2D eigenvalue weighted by molar-refractivity contribution is 0.837. The maximum Gasteiger partial charge on any atom is 0.229 e. The van der Waals surface area contributed by atoms with Gasteiger partial charge in [-0.2, -0.15) is 4.98 Å². The second kappa shape index (κ2) is 8.62. The summed E-state index contributed by atoms with van der Waals surface area (Å²) in [7, 11) is 0. The van der Waals surface area contributed by atoms with Crippen LogP contribution in [0.2, 0.25) is 0 Å². The summed E-state index contributed by atoms with van der Waals surface area (Å²) in [6, 6.07) is 14.2. The Bertz CT molecular complexity index is 849. The number of anilines is 3. The topological polar surface area (TPSA) is 62.7 Å². The van der Waals surface area contributed by atoms with Crippen LogP contribution in [0.1, 0.15) is 56.4 Å². The van der Waals surface area contributed by atoms with Crippen molar-refractivity contribution in [3.8, 4) is 0 Å². The van der Waals surface area contributed by atoms with Crippen molar-refractivity contribution in [2.45, 2.75) is 46.1 Å². The fourth-order valence-corrected chi connectivity index (χ4v) is 3.01. The van der Waals surface area contributed by atoms with E-state index in [1.807, 2.05) is 24.3 Å². The molecule has 0 radical (unpaired) electrons. The smallest absolute Gasteiger partial charge is 0.229 e. The predicted octanol–water partition coefficient (Wildman–Crippen LogP) is 5.47. The van der Waals surface area contributed by atoms with Gasteiger partial charge >= 0.3 is 0 Å². The summed E-state index contributed by atoms with van der Waals surface area (Å²) in [5.41, 5.74) is 4.63. The van der Waals surface area contributed by atoms with E-state index in [4.69, 9.17) is 0 Å². The number of para-hydroxylation sites is 1. The molecule has 5 nitrogen and oxygen atoms in total. The molecular weight excluding hydrogens is 334 g/mol. The Labute approximate surface area is 161 Å². The normalized spacial score (nSPS) is 11.0. The van der Waals surface area contributed by atoms with E-state index in [2.05, 4.69) is 71.5 Å². The molecule has 0 fully saturated rings. The summed E-state index contributed by atoms with van der Waals surface area (Å²) in [5, 5.41) is 6.77. The highest BCUT2D eigenvalue weighted by Crippen LogP contribution is 2.33. The fourth-order valence-electron chi connectivity index (χ4n) is 3.01. The standard InChI is InChI=1S/C22H27N5/c1-15(2)18-9-7-10-19(16(3)4)21(18)27-22-24-13-11-20(26-22)25-14-17-8-5-6-12-23-17/h5-13,15-16H,14H2,1-4H3,(H2,24,25,26,27). The summed E-state index contributed by atoms with van der Waals surface area (Å²) < 4.78 is 0. The first-order valence-electron chi connectivity index (χ1n) is 9.41. The zero-order valence-corrected chi connectivity index (χ0v) is 16.4. The fraction of sp³-hybridized carbons (Fsp3) is 0.318. The van der Waals surface area contributed by atoms with Crippen LogP contribution in [0.15, 0.2) is 54.9 Å². The molecule has 0 atom stereocenters. The molecule has 140 valence electrons. The third kappa shape index (κ3) is 4.82. The average Bonchev–Trinajstić information content (AvgIpc) is 2.67. The third-order valence-corrected chi connectivity index (χ3v) is 4.44. The summed E-state index contributed by atoms with van der Waals surface area (Å²) in [6.45, 7) is 9.44. The highest BCUT2D eigenvalue weighted by atomic mass is 15.1. The highest BCUT2D eigenvalue weighted by molar-refractivity contribution is 5.65. The van der Waals surface area contributed by atoms with Crippen LogP contribution in [0.25, 0.3) is 0 Å². The van der Waals surface area contributed by atoms with Crippen LogP contribution in [0.4, 0.5) is 17.5 Å². The van der Waals surface area contributed by atoms with Gasteiger partial charge in [0.05, 0.1) is 12.2 Å². The number of pyridine rings is 1. The maximum absolute atomic E-state index is 4.62. The lowest BCUT2D eigenvalue weighted by Crippen LogP contribution is -2.08. The average molecular weight is 361 g/mol. The molecular formula is C22H27N5. The highest BCUT2D eigenvalue weighted by Gasteiger charge is 2.14. The molecule has 5 heteroatoms. The third-order valence-electron chi connectivity index (χ3n) is 4.44. The van der Waals surface area contributed by atoms with Crippen LogP contribution in [0.5, 0.6) is 0 Å². The van der Waals surface area contributed by atoms with Crippen molar-refractivity contribution in [3.63, 3.8) is 0 Å². The van der Waals surface area contributed by atoms with Crippen molar-refractivity contribution in [1.29, 1.82) is 0 Å². The minimum Gasteiger partial charge on any atom is -0.364 e. The van der Waals surface area contributed by atoms with Crippen LogP contribution in [0.3, 0.4) is 0 Å². The number of nitrogens with one attached hydrogen (secondary N) is 2. The molecule has 0 unspecified atom stereocenters. The van der Waals surface area contributed by atoms with Gasteiger partial charge in [-0.1, -0.05) is 52.0 Å². The summed E-state index contributed by atoms with van der Waals surface area (Å²) in [4.78, 5) is 13.4. The molecule has 0 saturated carbocycles. The van der Waals surface area contributed by atoms with Crippen LogP contribution in [-0.4, -0.2) is 15.0 Å². The van der Waals surface area contributed by atoms with Gasteiger partial charge < -0.3 is 10.6 Å². The Hall–Kier alpha value is -2.95. The Kier molecular flexibility index (Phi) is 6.01. The van der Waals surface area contributed by atoms with Crippen LogP contribution in [-0.2, 0) is 6.54 Å². The zero-order valence-electron chi connectivity index (χ0n) is 16.4. The molecule has 0 aliphatic carbocycles.